The molecule has 5 nitrogen and oxygen atoms in total. The largest absolute Gasteiger partial charge is 0.508 e. The Morgan fingerprint density at radius 2 is 1.91 bits per heavy atom. The highest BCUT2D eigenvalue weighted by atomic mass is 16.3. The Kier molecular flexibility index (Phi) is 4.21. The average molecular weight is 307 g/mol. The van der Waals surface area contributed by atoms with E-state index in [2.05, 4.69) is 10.3 Å². The van der Waals surface area contributed by atoms with Gasteiger partial charge in [0.15, 0.2) is 0 Å². The fourth-order valence-corrected chi connectivity index (χ4v) is 2.49. The number of hydrogen-bond donors (Lipinski definition) is 3. The summed E-state index contributed by atoms with van der Waals surface area (Å²) in [4.78, 5) is 16.6. The molecule has 1 unspecified atom stereocenters. The number of nitrogens with two attached hydrogens (primary N) is 1. The number of hydrogen-bond acceptors (Lipinski definition) is 4. The monoisotopic (exact) mass is 307 g/mol. The molecule has 3 aromatic rings. The van der Waals surface area contributed by atoms with Crippen LogP contribution in [-0.2, 0) is 4.79 Å². The summed E-state index contributed by atoms with van der Waals surface area (Å²) >= 11 is 0. The molecule has 0 aliphatic carbocycles. The highest BCUT2D eigenvalue weighted by Crippen LogP contribution is 2.22. The molecule has 0 fully saturated rings. The van der Waals surface area contributed by atoms with E-state index in [1.165, 1.54) is 0 Å². The molecule has 2 aromatic carbocycles. The number of phenols is 1. The van der Waals surface area contributed by atoms with Crippen molar-refractivity contribution in [3.63, 3.8) is 0 Å². The molecule has 1 atom stereocenters. The van der Waals surface area contributed by atoms with Crippen LogP contribution >= 0.6 is 0 Å². The first-order valence-corrected chi connectivity index (χ1v) is 7.31. The first kappa shape index (κ1) is 15.0. The SMILES string of the molecule is NCC(C(=O)Nc1ccc2cnccc2c1)c1ccc(O)cc1. The third-order valence-corrected chi connectivity index (χ3v) is 3.76. The van der Waals surface area contributed by atoms with Gasteiger partial charge in [0.2, 0.25) is 5.91 Å². The van der Waals surface area contributed by atoms with Crippen molar-refractivity contribution in [1.82, 2.24) is 4.98 Å². The van der Waals surface area contributed by atoms with E-state index in [4.69, 9.17) is 5.73 Å². The maximum Gasteiger partial charge on any atom is 0.233 e. The van der Waals surface area contributed by atoms with Crippen LogP contribution in [0.3, 0.4) is 0 Å². The van der Waals surface area contributed by atoms with Crippen molar-refractivity contribution in [3.8, 4) is 5.75 Å². The van der Waals surface area contributed by atoms with E-state index in [1.807, 2.05) is 24.3 Å². The molecule has 0 bridgehead atoms. The molecule has 0 aliphatic rings. The van der Waals surface area contributed by atoms with E-state index in [0.717, 1.165) is 16.3 Å². The molecule has 1 amide bonds. The maximum absolute atomic E-state index is 12.5. The van der Waals surface area contributed by atoms with Crippen LogP contribution in [-0.4, -0.2) is 22.5 Å². The summed E-state index contributed by atoms with van der Waals surface area (Å²) in [6.45, 7) is 0.189. The summed E-state index contributed by atoms with van der Waals surface area (Å²) in [6, 6.07) is 14.1. The van der Waals surface area contributed by atoms with Gasteiger partial charge in [0, 0.05) is 30.0 Å². The number of nitrogens with zero attached hydrogens (tertiary/aromatic N) is 1. The molecule has 4 N–H and O–H groups in total. The third-order valence-electron chi connectivity index (χ3n) is 3.76. The Morgan fingerprint density at radius 1 is 1.13 bits per heavy atom. The molecule has 0 saturated heterocycles. The third kappa shape index (κ3) is 3.30. The molecule has 0 spiro atoms. The molecular formula is C18H17N3O2. The fraction of sp³-hybridized carbons (Fsp3) is 0.111. The molecule has 3 rings (SSSR count). The van der Waals surface area contributed by atoms with Crippen LogP contribution < -0.4 is 11.1 Å². The summed E-state index contributed by atoms with van der Waals surface area (Å²) in [6.07, 6.45) is 3.49. The van der Waals surface area contributed by atoms with Crippen LogP contribution in [0, 0.1) is 0 Å². The van der Waals surface area contributed by atoms with Crippen LogP contribution in [0.1, 0.15) is 11.5 Å². The Labute approximate surface area is 133 Å². The lowest BCUT2D eigenvalue weighted by Crippen LogP contribution is -2.27. The number of carbonyl (C=O) groups is 1. The Hall–Kier alpha value is -2.92. The number of rotatable bonds is 4. The fourth-order valence-electron chi connectivity index (χ4n) is 2.49. The number of nitrogens with one attached hydrogen (secondary N) is 1. The quantitative estimate of drug-likeness (QED) is 0.691. The predicted molar refractivity (Wildman–Crippen MR) is 90.3 cm³/mol. The van der Waals surface area contributed by atoms with E-state index < -0.39 is 5.92 Å². The van der Waals surface area contributed by atoms with Gasteiger partial charge in [-0.05, 0) is 41.3 Å². The van der Waals surface area contributed by atoms with Crippen molar-refractivity contribution in [1.29, 1.82) is 0 Å². The Balaban J connectivity index is 1.81. The van der Waals surface area contributed by atoms with Gasteiger partial charge in [-0.2, -0.15) is 0 Å². The molecule has 5 heteroatoms. The Bertz CT molecular complexity index is 831. The van der Waals surface area contributed by atoms with E-state index in [1.54, 1.807) is 36.7 Å². The number of anilines is 1. The first-order chi connectivity index (χ1) is 11.2. The highest BCUT2D eigenvalue weighted by Gasteiger charge is 2.19. The van der Waals surface area contributed by atoms with Gasteiger partial charge in [-0.25, -0.2) is 0 Å². The number of aromatic nitrogens is 1. The summed E-state index contributed by atoms with van der Waals surface area (Å²) < 4.78 is 0. The lowest BCUT2D eigenvalue weighted by Gasteiger charge is -2.15. The first-order valence-electron chi connectivity index (χ1n) is 7.31. The number of fused-ring (bicyclic) bond motifs is 1. The topological polar surface area (TPSA) is 88.2 Å². The number of aromatic hydroxyl groups is 1. The molecule has 1 aromatic heterocycles. The second kappa shape index (κ2) is 6.46. The minimum Gasteiger partial charge on any atom is -0.508 e. The number of carbonyl (C=O) groups excluding carboxylic acids is 1. The van der Waals surface area contributed by atoms with Crippen LogP contribution in [0.15, 0.2) is 60.9 Å². The zero-order valence-corrected chi connectivity index (χ0v) is 12.4. The van der Waals surface area contributed by atoms with Crippen molar-refractivity contribution >= 4 is 22.4 Å². The summed E-state index contributed by atoms with van der Waals surface area (Å²) in [7, 11) is 0. The predicted octanol–water partition coefficient (Wildman–Crippen LogP) is 2.62. The van der Waals surface area contributed by atoms with Crippen molar-refractivity contribution < 1.29 is 9.90 Å². The van der Waals surface area contributed by atoms with Gasteiger partial charge >= 0.3 is 0 Å². The molecule has 1 heterocycles. The van der Waals surface area contributed by atoms with Crippen LogP contribution in [0.5, 0.6) is 5.75 Å². The van der Waals surface area contributed by atoms with E-state index in [0.29, 0.717) is 5.69 Å². The minimum atomic E-state index is -0.469. The zero-order chi connectivity index (χ0) is 16.2. The molecule has 0 aliphatic heterocycles. The van der Waals surface area contributed by atoms with E-state index >= 15 is 0 Å². The van der Waals surface area contributed by atoms with Crippen LogP contribution in [0.4, 0.5) is 5.69 Å². The molecular weight excluding hydrogens is 290 g/mol. The van der Waals surface area contributed by atoms with Crippen LogP contribution in [0.2, 0.25) is 0 Å². The zero-order valence-electron chi connectivity index (χ0n) is 12.4. The van der Waals surface area contributed by atoms with Crippen molar-refractivity contribution in [2.75, 3.05) is 11.9 Å². The smallest absolute Gasteiger partial charge is 0.233 e. The summed E-state index contributed by atoms with van der Waals surface area (Å²) in [5.74, 6) is -0.483. The normalized spacial score (nSPS) is 12.0. The number of amides is 1. The molecule has 23 heavy (non-hydrogen) atoms. The van der Waals surface area contributed by atoms with Gasteiger partial charge in [-0.3, -0.25) is 9.78 Å². The molecule has 116 valence electrons. The minimum absolute atomic E-state index is 0.160. The molecule has 0 saturated carbocycles. The van der Waals surface area contributed by atoms with Gasteiger partial charge in [-0.1, -0.05) is 18.2 Å². The van der Waals surface area contributed by atoms with E-state index in [-0.39, 0.29) is 18.2 Å². The van der Waals surface area contributed by atoms with Gasteiger partial charge in [0.05, 0.1) is 5.92 Å². The highest BCUT2D eigenvalue weighted by molar-refractivity contribution is 5.98. The van der Waals surface area contributed by atoms with Gasteiger partial charge in [0.25, 0.3) is 0 Å². The van der Waals surface area contributed by atoms with Gasteiger partial charge in [-0.15, -0.1) is 0 Å². The van der Waals surface area contributed by atoms with Crippen molar-refractivity contribution in [2.45, 2.75) is 5.92 Å². The molecule has 0 radical (unpaired) electrons. The maximum atomic E-state index is 12.5. The second-order valence-corrected chi connectivity index (χ2v) is 5.31. The summed E-state index contributed by atoms with van der Waals surface area (Å²) in [5.41, 5.74) is 7.24. The lowest BCUT2D eigenvalue weighted by atomic mass is 9.98. The Morgan fingerprint density at radius 3 is 2.65 bits per heavy atom. The van der Waals surface area contributed by atoms with Gasteiger partial charge in [0.1, 0.15) is 5.75 Å². The average Bonchev–Trinajstić information content (AvgIpc) is 2.57. The number of benzene rings is 2. The van der Waals surface area contributed by atoms with E-state index in [9.17, 15) is 9.90 Å². The standard InChI is InChI=1S/C18H17N3O2/c19-10-17(12-2-5-16(22)6-3-12)18(23)21-15-4-1-14-11-20-8-7-13(14)9-15/h1-9,11,17,22H,10,19H2,(H,21,23). The van der Waals surface area contributed by atoms with Crippen LogP contribution in [0.25, 0.3) is 10.8 Å². The lowest BCUT2D eigenvalue weighted by molar-refractivity contribution is -0.117. The van der Waals surface area contributed by atoms with Crippen molar-refractivity contribution in [2.24, 2.45) is 5.73 Å². The second-order valence-electron chi connectivity index (χ2n) is 5.31. The number of pyridine rings is 1. The number of phenolic OH excluding ortho intramolecular Hbond substituents is 1. The summed E-state index contributed by atoms with van der Waals surface area (Å²) in [5, 5.41) is 14.3. The van der Waals surface area contributed by atoms with Crippen molar-refractivity contribution in [3.05, 3.63) is 66.5 Å². The van der Waals surface area contributed by atoms with Gasteiger partial charge < -0.3 is 16.2 Å².